The molecule has 0 radical (unpaired) electrons. The van der Waals surface area contributed by atoms with E-state index in [1.807, 2.05) is 12.1 Å². The molecule has 1 N–H and O–H groups in total. The monoisotopic (exact) mass is 440 g/mol. The van der Waals surface area contributed by atoms with Gasteiger partial charge in [-0.15, -0.1) is 0 Å². The Bertz CT molecular complexity index is 1010. The van der Waals surface area contributed by atoms with Gasteiger partial charge in [-0.25, -0.2) is 4.39 Å². The van der Waals surface area contributed by atoms with Crippen molar-refractivity contribution in [2.75, 3.05) is 27.2 Å². The van der Waals surface area contributed by atoms with Crippen LogP contribution in [0.5, 0.6) is 0 Å². The topological polar surface area (TPSA) is 82.6 Å². The summed E-state index contributed by atoms with van der Waals surface area (Å²) in [6.07, 6.45) is 2.83. The molecule has 1 aliphatic heterocycles. The fraction of sp³-hybridized carbons (Fsp3) is 0.417. The molecular formula is C24H29FN4O3. The highest BCUT2D eigenvalue weighted by Crippen LogP contribution is 2.35. The smallest absolute Gasteiger partial charge is 0.252 e. The molecular weight excluding hydrogens is 411 g/mol. The Balaban J connectivity index is 1.85. The van der Waals surface area contributed by atoms with E-state index in [1.54, 1.807) is 45.1 Å². The van der Waals surface area contributed by atoms with Crippen LogP contribution in [0.4, 0.5) is 4.39 Å². The number of likely N-dealkylation sites (tertiary alicyclic amines) is 1. The summed E-state index contributed by atoms with van der Waals surface area (Å²) in [6.45, 7) is 3.85. The van der Waals surface area contributed by atoms with Gasteiger partial charge in [0.1, 0.15) is 16.8 Å². The van der Waals surface area contributed by atoms with Crippen LogP contribution in [0, 0.1) is 5.82 Å². The molecule has 0 aliphatic carbocycles. The Morgan fingerprint density at radius 3 is 2.53 bits per heavy atom. The van der Waals surface area contributed by atoms with Crippen LogP contribution in [-0.4, -0.2) is 65.2 Å². The molecule has 0 bridgehead atoms. The summed E-state index contributed by atoms with van der Waals surface area (Å²) in [4.78, 5) is 46.9. The maximum absolute atomic E-state index is 13.5. The zero-order chi connectivity index (χ0) is 23.5. The Labute approximate surface area is 187 Å². The van der Waals surface area contributed by atoms with E-state index in [4.69, 9.17) is 0 Å². The molecule has 32 heavy (non-hydrogen) atoms. The van der Waals surface area contributed by atoms with E-state index in [0.29, 0.717) is 25.1 Å². The lowest BCUT2D eigenvalue weighted by atomic mass is 9.75. The maximum atomic E-state index is 13.5. The van der Waals surface area contributed by atoms with Gasteiger partial charge in [-0.05, 0) is 57.0 Å². The van der Waals surface area contributed by atoms with Crippen molar-refractivity contribution in [1.82, 2.24) is 20.1 Å². The molecule has 0 spiro atoms. The van der Waals surface area contributed by atoms with Crippen LogP contribution < -0.4 is 5.32 Å². The van der Waals surface area contributed by atoms with Crippen molar-refractivity contribution in [1.29, 1.82) is 0 Å². The Kier molecular flexibility index (Phi) is 6.62. The van der Waals surface area contributed by atoms with Crippen molar-refractivity contribution in [2.24, 2.45) is 0 Å². The van der Waals surface area contributed by atoms with Crippen molar-refractivity contribution in [3.8, 4) is 0 Å². The van der Waals surface area contributed by atoms with Crippen molar-refractivity contribution >= 4 is 17.7 Å². The predicted octanol–water partition coefficient (Wildman–Crippen LogP) is 2.38. The number of benzene rings is 1. The van der Waals surface area contributed by atoms with E-state index < -0.39 is 22.7 Å². The quantitative estimate of drug-likeness (QED) is 0.774. The van der Waals surface area contributed by atoms with Crippen LogP contribution in [0.25, 0.3) is 0 Å². The molecule has 1 aromatic carbocycles. The first kappa shape index (κ1) is 23.4. The molecule has 1 aromatic heterocycles. The number of halogens is 1. The van der Waals surface area contributed by atoms with Gasteiger partial charge in [-0.2, -0.15) is 0 Å². The molecule has 0 saturated carbocycles. The second-order valence-electron chi connectivity index (χ2n) is 8.92. The highest BCUT2D eigenvalue weighted by Gasteiger charge is 2.48. The molecule has 170 valence electrons. The van der Waals surface area contributed by atoms with E-state index in [0.717, 1.165) is 6.07 Å². The van der Waals surface area contributed by atoms with Crippen LogP contribution in [0.2, 0.25) is 0 Å². The molecule has 3 amide bonds. The molecule has 1 atom stereocenters. The fourth-order valence-corrected chi connectivity index (χ4v) is 4.23. The summed E-state index contributed by atoms with van der Waals surface area (Å²) in [7, 11) is 3.38. The van der Waals surface area contributed by atoms with Crippen LogP contribution in [0.15, 0.2) is 48.7 Å². The summed E-state index contributed by atoms with van der Waals surface area (Å²) in [5.41, 5.74) is -1.45. The van der Waals surface area contributed by atoms with E-state index in [1.165, 1.54) is 23.1 Å². The number of amides is 3. The van der Waals surface area contributed by atoms with Crippen molar-refractivity contribution in [2.45, 2.75) is 37.6 Å². The molecule has 1 aliphatic rings. The number of rotatable bonds is 5. The number of nitrogens with zero attached hydrogens (tertiary/aromatic N) is 3. The Morgan fingerprint density at radius 2 is 1.91 bits per heavy atom. The number of hydrogen-bond donors (Lipinski definition) is 1. The zero-order valence-electron chi connectivity index (χ0n) is 18.9. The van der Waals surface area contributed by atoms with Crippen LogP contribution in [0.1, 0.15) is 42.7 Å². The lowest BCUT2D eigenvalue weighted by Gasteiger charge is -2.44. The first-order chi connectivity index (χ1) is 15.1. The second kappa shape index (κ2) is 9.06. The summed E-state index contributed by atoms with van der Waals surface area (Å²) >= 11 is 0. The number of nitrogens with one attached hydrogen (secondary N) is 1. The lowest BCUT2D eigenvalue weighted by molar-refractivity contribution is -0.144. The SMILES string of the molecule is CN(C)C(=O)C1(c2ccccn2)CCCN(C(=O)C(C)(C)NC(=O)c2cccc(F)c2)C1. The Hall–Kier alpha value is -3.29. The summed E-state index contributed by atoms with van der Waals surface area (Å²) in [5, 5.41) is 2.71. The second-order valence-corrected chi connectivity index (χ2v) is 8.92. The van der Waals surface area contributed by atoms with E-state index in [-0.39, 0.29) is 23.9 Å². The normalized spacial score (nSPS) is 18.7. The minimum Gasteiger partial charge on any atom is -0.348 e. The molecule has 3 rings (SSSR count). The first-order valence-corrected chi connectivity index (χ1v) is 10.6. The summed E-state index contributed by atoms with van der Waals surface area (Å²) in [5.74, 6) is -1.50. The number of carbonyl (C=O) groups is 3. The van der Waals surface area contributed by atoms with Gasteiger partial charge in [0.05, 0.1) is 5.69 Å². The van der Waals surface area contributed by atoms with Gasteiger partial charge in [-0.1, -0.05) is 12.1 Å². The molecule has 8 heteroatoms. The standard InChI is InChI=1S/C24H29FN4O3/c1-23(2,27-20(30)17-9-7-10-18(25)15-17)21(31)29-14-8-12-24(16-29,22(32)28(3)4)19-11-5-6-13-26-19/h5-7,9-11,13,15H,8,12,14,16H2,1-4H3,(H,27,30). The third-order valence-electron chi connectivity index (χ3n) is 5.80. The predicted molar refractivity (Wildman–Crippen MR) is 118 cm³/mol. The average molecular weight is 441 g/mol. The van der Waals surface area contributed by atoms with E-state index in [2.05, 4.69) is 10.3 Å². The molecule has 2 heterocycles. The third kappa shape index (κ3) is 4.64. The number of aromatic nitrogens is 1. The number of likely N-dealkylation sites (N-methyl/N-ethyl adjacent to an activating group) is 1. The van der Waals surface area contributed by atoms with Gasteiger partial charge in [0.2, 0.25) is 11.8 Å². The van der Waals surface area contributed by atoms with Gasteiger partial charge in [0, 0.05) is 38.9 Å². The highest BCUT2D eigenvalue weighted by atomic mass is 19.1. The van der Waals surface area contributed by atoms with Crippen molar-refractivity contribution in [3.05, 3.63) is 65.7 Å². The number of pyridine rings is 1. The van der Waals surface area contributed by atoms with Gasteiger partial charge >= 0.3 is 0 Å². The minimum atomic E-state index is -1.25. The average Bonchev–Trinajstić information content (AvgIpc) is 2.78. The largest absolute Gasteiger partial charge is 0.348 e. The number of piperidine rings is 1. The van der Waals surface area contributed by atoms with E-state index in [9.17, 15) is 18.8 Å². The zero-order valence-corrected chi connectivity index (χ0v) is 18.9. The number of carbonyl (C=O) groups excluding carboxylic acids is 3. The Morgan fingerprint density at radius 1 is 1.16 bits per heavy atom. The summed E-state index contributed by atoms with van der Waals surface area (Å²) in [6, 6.07) is 10.7. The van der Waals surface area contributed by atoms with Gasteiger partial charge in [0.25, 0.3) is 5.91 Å². The number of hydrogen-bond acceptors (Lipinski definition) is 4. The fourth-order valence-electron chi connectivity index (χ4n) is 4.23. The molecule has 1 fully saturated rings. The first-order valence-electron chi connectivity index (χ1n) is 10.6. The highest BCUT2D eigenvalue weighted by molar-refractivity contribution is 5.99. The van der Waals surface area contributed by atoms with Gasteiger partial charge < -0.3 is 15.1 Å². The van der Waals surface area contributed by atoms with Crippen LogP contribution in [0.3, 0.4) is 0 Å². The van der Waals surface area contributed by atoms with Crippen LogP contribution >= 0.6 is 0 Å². The van der Waals surface area contributed by atoms with Crippen LogP contribution in [-0.2, 0) is 15.0 Å². The van der Waals surface area contributed by atoms with E-state index >= 15 is 0 Å². The van der Waals surface area contributed by atoms with Crippen molar-refractivity contribution in [3.63, 3.8) is 0 Å². The molecule has 2 aromatic rings. The third-order valence-corrected chi connectivity index (χ3v) is 5.80. The van der Waals surface area contributed by atoms with Gasteiger partial charge in [-0.3, -0.25) is 19.4 Å². The van der Waals surface area contributed by atoms with Crippen molar-refractivity contribution < 1.29 is 18.8 Å². The molecule has 1 unspecified atom stereocenters. The van der Waals surface area contributed by atoms with Gasteiger partial charge in [0.15, 0.2) is 0 Å². The molecule has 7 nitrogen and oxygen atoms in total. The minimum absolute atomic E-state index is 0.115. The maximum Gasteiger partial charge on any atom is 0.252 e. The summed E-state index contributed by atoms with van der Waals surface area (Å²) < 4.78 is 13.5. The molecule has 1 saturated heterocycles. The lowest BCUT2D eigenvalue weighted by Crippen LogP contribution is -2.62.